The number of halogens is 2. The second-order valence-electron chi connectivity index (χ2n) is 9.08. The summed E-state index contributed by atoms with van der Waals surface area (Å²) in [5.41, 5.74) is 7.74. The number of anilines is 4. The van der Waals surface area contributed by atoms with Crippen molar-refractivity contribution in [2.24, 2.45) is 5.73 Å². The monoisotopic (exact) mass is 564 g/mol. The van der Waals surface area contributed by atoms with Crippen molar-refractivity contribution >= 4 is 46.2 Å². The molecule has 10 nitrogen and oxygen atoms in total. The van der Waals surface area contributed by atoms with Crippen LogP contribution in [0.3, 0.4) is 0 Å². The largest absolute Gasteiger partial charge is 0.496 e. The number of hydrogen-bond acceptors (Lipinski definition) is 9. The standard InChI is InChI=1S/C28H30ClFN8O2/c1-4-37-8-10-38(11-9-37)24-12-19(17(2)26(32)39)23(13-21(24)29)35-28-34-15-18(14-31)27(36-28)33-16-20-22(30)6-5-7-25(20)40-3/h5-7,12-13,15H,2,4,8-11,16H2,1,3H3,(H2,32,39)(H2,33,34,35,36). The van der Waals surface area contributed by atoms with Gasteiger partial charge < -0.3 is 30.9 Å². The second kappa shape index (κ2) is 12.6. The van der Waals surface area contributed by atoms with E-state index in [1.54, 1.807) is 24.3 Å². The summed E-state index contributed by atoms with van der Waals surface area (Å²) in [4.78, 5) is 25.3. The Balaban J connectivity index is 1.64. The maximum Gasteiger partial charge on any atom is 0.248 e. The van der Waals surface area contributed by atoms with Gasteiger partial charge in [0.2, 0.25) is 11.9 Å². The number of nitrogens with zero attached hydrogens (tertiary/aromatic N) is 5. The molecule has 1 aromatic heterocycles. The summed E-state index contributed by atoms with van der Waals surface area (Å²) >= 11 is 6.71. The predicted molar refractivity (Wildman–Crippen MR) is 154 cm³/mol. The van der Waals surface area contributed by atoms with Gasteiger partial charge in [-0.2, -0.15) is 10.2 Å². The molecule has 0 spiro atoms. The fraction of sp³-hybridized carbons (Fsp3) is 0.286. The summed E-state index contributed by atoms with van der Waals surface area (Å²) in [5.74, 6) is -0.496. The van der Waals surface area contributed by atoms with E-state index in [1.165, 1.54) is 19.4 Å². The summed E-state index contributed by atoms with van der Waals surface area (Å²) < 4.78 is 19.7. The summed E-state index contributed by atoms with van der Waals surface area (Å²) in [6.07, 6.45) is 1.34. The Labute approximate surface area is 237 Å². The zero-order valence-corrected chi connectivity index (χ0v) is 23.1. The van der Waals surface area contributed by atoms with Crippen LogP contribution in [0.25, 0.3) is 5.57 Å². The summed E-state index contributed by atoms with van der Waals surface area (Å²) in [5, 5.41) is 16.1. The van der Waals surface area contributed by atoms with Gasteiger partial charge in [0.05, 0.1) is 29.7 Å². The maximum absolute atomic E-state index is 14.4. The maximum atomic E-state index is 14.4. The van der Waals surface area contributed by atoms with Gasteiger partial charge in [-0.3, -0.25) is 4.79 Å². The zero-order chi connectivity index (χ0) is 28.8. The minimum atomic E-state index is -0.686. The van der Waals surface area contributed by atoms with E-state index in [0.717, 1.165) is 38.4 Å². The fourth-order valence-corrected chi connectivity index (χ4v) is 4.73. The first-order valence-corrected chi connectivity index (χ1v) is 13.0. The van der Waals surface area contributed by atoms with Crippen molar-refractivity contribution in [2.75, 3.05) is 55.4 Å². The fourth-order valence-electron chi connectivity index (χ4n) is 4.45. The Kier molecular flexibility index (Phi) is 9.04. The van der Waals surface area contributed by atoms with Crippen LogP contribution < -0.4 is 26.0 Å². The highest BCUT2D eigenvalue weighted by molar-refractivity contribution is 6.34. The van der Waals surface area contributed by atoms with Crippen molar-refractivity contribution in [3.8, 4) is 11.8 Å². The molecule has 4 rings (SSSR count). The molecule has 1 saturated heterocycles. The van der Waals surface area contributed by atoms with Crippen LogP contribution in [0.4, 0.5) is 27.5 Å². The van der Waals surface area contributed by atoms with Gasteiger partial charge >= 0.3 is 0 Å². The molecule has 1 fully saturated rings. The highest BCUT2D eigenvalue weighted by Gasteiger charge is 2.22. The number of benzene rings is 2. The van der Waals surface area contributed by atoms with Gasteiger partial charge in [-0.25, -0.2) is 9.37 Å². The number of likely N-dealkylation sites (N-methyl/N-ethyl adjacent to an activating group) is 1. The number of rotatable bonds is 10. The SMILES string of the molecule is C=C(C(N)=O)c1cc(N2CCN(CC)CC2)c(Cl)cc1Nc1ncc(C#N)c(NCc2c(F)cccc2OC)n1. The number of methoxy groups -OCH3 is 1. The minimum absolute atomic E-state index is 0.0104. The van der Waals surface area contributed by atoms with E-state index in [0.29, 0.717) is 22.0 Å². The summed E-state index contributed by atoms with van der Waals surface area (Å²) in [7, 11) is 1.45. The Morgan fingerprint density at radius 3 is 2.70 bits per heavy atom. The van der Waals surface area contributed by atoms with Crippen molar-refractivity contribution in [3.63, 3.8) is 0 Å². The predicted octanol–water partition coefficient (Wildman–Crippen LogP) is 4.15. The number of aromatic nitrogens is 2. The van der Waals surface area contributed by atoms with Crippen LogP contribution in [0, 0.1) is 17.1 Å². The third-order valence-corrected chi connectivity index (χ3v) is 7.06. The molecule has 40 heavy (non-hydrogen) atoms. The quantitative estimate of drug-likeness (QED) is 0.311. The molecule has 1 aliphatic heterocycles. The van der Waals surface area contributed by atoms with E-state index in [4.69, 9.17) is 22.1 Å². The van der Waals surface area contributed by atoms with Gasteiger partial charge in [0.25, 0.3) is 0 Å². The van der Waals surface area contributed by atoms with E-state index in [-0.39, 0.29) is 35.0 Å². The molecular weight excluding hydrogens is 535 g/mol. The number of nitriles is 1. The normalized spacial score (nSPS) is 13.4. The molecule has 0 atom stereocenters. The third kappa shape index (κ3) is 6.25. The number of carbonyl (C=O) groups is 1. The number of ether oxygens (including phenoxy) is 1. The smallest absolute Gasteiger partial charge is 0.248 e. The van der Waals surface area contributed by atoms with E-state index >= 15 is 0 Å². The highest BCUT2D eigenvalue weighted by Crippen LogP contribution is 2.37. The van der Waals surface area contributed by atoms with Crippen LogP contribution in [0.1, 0.15) is 23.6 Å². The Morgan fingerprint density at radius 1 is 1.30 bits per heavy atom. The van der Waals surface area contributed by atoms with Crippen LogP contribution in [0.2, 0.25) is 5.02 Å². The van der Waals surface area contributed by atoms with Crippen LogP contribution in [0.15, 0.2) is 43.1 Å². The van der Waals surface area contributed by atoms with Crippen molar-refractivity contribution in [1.82, 2.24) is 14.9 Å². The number of hydrogen-bond donors (Lipinski definition) is 3. The van der Waals surface area contributed by atoms with E-state index < -0.39 is 11.7 Å². The molecule has 2 aromatic carbocycles. The lowest BCUT2D eigenvalue weighted by molar-refractivity contribution is -0.112. The Morgan fingerprint density at radius 2 is 2.05 bits per heavy atom. The molecule has 12 heteroatoms. The molecule has 2 heterocycles. The van der Waals surface area contributed by atoms with Crippen molar-refractivity contribution < 1.29 is 13.9 Å². The lowest BCUT2D eigenvalue weighted by Crippen LogP contribution is -2.46. The van der Waals surface area contributed by atoms with Crippen LogP contribution in [0.5, 0.6) is 5.75 Å². The van der Waals surface area contributed by atoms with Gasteiger partial charge in [0, 0.05) is 49.4 Å². The lowest BCUT2D eigenvalue weighted by Gasteiger charge is -2.36. The molecule has 0 saturated carbocycles. The van der Waals surface area contributed by atoms with E-state index in [9.17, 15) is 14.4 Å². The van der Waals surface area contributed by atoms with Gasteiger partial charge in [-0.1, -0.05) is 31.2 Å². The Hall–Kier alpha value is -4.40. The molecule has 3 aromatic rings. The third-order valence-electron chi connectivity index (χ3n) is 6.75. The first kappa shape index (κ1) is 28.6. The minimum Gasteiger partial charge on any atom is -0.496 e. The zero-order valence-electron chi connectivity index (χ0n) is 22.3. The van der Waals surface area contributed by atoms with Gasteiger partial charge in [-0.05, 0) is 30.8 Å². The summed E-state index contributed by atoms with van der Waals surface area (Å²) in [6, 6.07) is 9.99. The molecule has 1 amide bonds. The molecule has 0 unspecified atom stereocenters. The van der Waals surface area contributed by atoms with E-state index in [2.05, 4.69) is 43.9 Å². The molecular formula is C28H30ClFN8O2. The molecule has 0 bridgehead atoms. The first-order valence-electron chi connectivity index (χ1n) is 12.6. The van der Waals surface area contributed by atoms with Gasteiger partial charge in [0.1, 0.15) is 29.0 Å². The van der Waals surface area contributed by atoms with Gasteiger partial charge in [-0.15, -0.1) is 0 Å². The Bertz CT molecular complexity index is 1470. The second-order valence-corrected chi connectivity index (χ2v) is 9.49. The van der Waals surface area contributed by atoms with Crippen LogP contribution >= 0.6 is 11.6 Å². The molecule has 208 valence electrons. The van der Waals surface area contributed by atoms with Crippen molar-refractivity contribution in [3.05, 3.63) is 70.6 Å². The lowest BCUT2D eigenvalue weighted by atomic mass is 10.0. The van der Waals surface area contributed by atoms with Crippen molar-refractivity contribution in [2.45, 2.75) is 13.5 Å². The topological polar surface area (TPSA) is 132 Å². The molecule has 4 N–H and O–H groups in total. The summed E-state index contributed by atoms with van der Waals surface area (Å²) in [6.45, 7) is 10.3. The molecule has 0 aliphatic carbocycles. The van der Waals surface area contributed by atoms with Crippen LogP contribution in [-0.4, -0.2) is 60.6 Å². The average molecular weight is 565 g/mol. The van der Waals surface area contributed by atoms with Crippen LogP contribution in [-0.2, 0) is 11.3 Å². The molecule has 1 aliphatic rings. The highest BCUT2D eigenvalue weighted by atomic mass is 35.5. The first-order chi connectivity index (χ1) is 19.2. The number of nitrogens with two attached hydrogens (primary N) is 1. The molecule has 0 radical (unpaired) electrons. The van der Waals surface area contributed by atoms with E-state index in [1.807, 2.05) is 6.07 Å². The number of piperazine rings is 1. The number of nitrogens with one attached hydrogen (secondary N) is 2. The number of carbonyl (C=O) groups excluding carboxylic acids is 1. The number of amides is 1. The average Bonchev–Trinajstić information content (AvgIpc) is 2.96. The van der Waals surface area contributed by atoms with Crippen molar-refractivity contribution in [1.29, 1.82) is 5.26 Å². The van der Waals surface area contributed by atoms with Gasteiger partial charge in [0.15, 0.2) is 0 Å². The number of primary amides is 1.